The molecule has 4 aliphatic rings. The van der Waals surface area contributed by atoms with Crippen molar-refractivity contribution in [1.29, 1.82) is 0 Å². The Morgan fingerprint density at radius 1 is 0.712 bits per heavy atom. The van der Waals surface area contributed by atoms with Crippen LogP contribution in [-0.4, -0.2) is 10.6 Å². The molecule has 0 radical (unpaired) electrons. The van der Waals surface area contributed by atoms with Crippen molar-refractivity contribution in [3.05, 3.63) is 240 Å². The Hall–Kier alpha value is -6.90. The van der Waals surface area contributed by atoms with Gasteiger partial charge in [-0.25, -0.2) is 0 Å². The summed E-state index contributed by atoms with van der Waals surface area (Å²) in [5.41, 5.74) is 17.7. The van der Waals surface area contributed by atoms with Crippen LogP contribution in [-0.2, 0) is 0 Å². The normalized spacial score (nSPS) is 20.6. The number of hydrogen-bond donors (Lipinski definition) is 0. The Labute approximate surface area is 348 Å². The molecule has 2 heteroatoms. The molecule has 0 saturated heterocycles. The molecule has 286 valence electrons. The van der Waals surface area contributed by atoms with Crippen molar-refractivity contribution in [2.24, 2.45) is 5.92 Å². The minimum atomic E-state index is 0.202. The SMILES string of the molecule is C=C/C=C\c1cn(-c2ccc(N3c4ccccc4C4C=CC=CC43)c(-c3ccc(C4=CCC/C(c5ccccc5)=C/C(C5=CC=CCC5C)=C4)cc3)c2)c2ccccc12. The van der Waals surface area contributed by atoms with Crippen molar-refractivity contribution in [3.63, 3.8) is 0 Å². The summed E-state index contributed by atoms with van der Waals surface area (Å²) in [6, 6.07) is 45.1. The van der Waals surface area contributed by atoms with E-state index < -0.39 is 0 Å². The molecule has 3 aliphatic carbocycles. The van der Waals surface area contributed by atoms with Crippen LogP contribution in [0.25, 0.3) is 44.9 Å². The zero-order chi connectivity index (χ0) is 39.7. The molecule has 0 bridgehead atoms. The molecule has 0 spiro atoms. The predicted octanol–water partition coefficient (Wildman–Crippen LogP) is 14.9. The van der Waals surface area contributed by atoms with E-state index in [9.17, 15) is 0 Å². The molecule has 5 aromatic carbocycles. The van der Waals surface area contributed by atoms with Crippen molar-refractivity contribution >= 4 is 39.5 Å². The van der Waals surface area contributed by atoms with E-state index in [1.807, 2.05) is 12.2 Å². The van der Waals surface area contributed by atoms with Crippen LogP contribution in [0.3, 0.4) is 0 Å². The van der Waals surface area contributed by atoms with Crippen molar-refractivity contribution in [2.45, 2.75) is 38.1 Å². The minimum absolute atomic E-state index is 0.202. The lowest BCUT2D eigenvalue weighted by atomic mass is 9.83. The molecule has 2 heterocycles. The number of nitrogens with zero attached hydrogens (tertiary/aromatic N) is 2. The molecule has 1 aliphatic heterocycles. The highest BCUT2D eigenvalue weighted by atomic mass is 15.2. The van der Waals surface area contributed by atoms with Crippen LogP contribution in [0.1, 0.15) is 54.4 Å². The molecule has 3 unspecified atom stereocenters. The Kier molecular flexibility index (Phi) is 9.76. The molecular formula is C57H48N2. The van der Waals surface area contributed by atoms with Gasteiger partial charge in [-0.2, -0.15) is 0 Å². The van der Waals surface area contributed by atoms with E-state index in [0.29, 0.717) is 11.8 Å². The van der Waals surface area contributed by atoms with E-state index in [1.54, 1.807) is 0 Å². The topological polar surface area (TPSA) is 8.17 Å². The molecular weight excluding hydrogens is 713 g/mol. The maximum Gasteiger partial charge on any atom is 0.0629 e. The van der Waals surface area contributed by atoms with E-state index in [-0.39, 0.29) is 6.04 Å². The smallest absolute Gasteiger partial charge is 0.0629 e. The lowest BCUT2D eigenvalue weighted by Crippen LogP contribution is -2.29. The second kappa shape index (κ2) is 15.8. The lowest BCUT2D eigenvalue weighted by molar-refractivity contribution is 0.697. The van der Waals surface area contributed by atoms with Crippen molar-refractivity contribution in [1.82, 2.24) is 4.57 Å². The summed E-state index contributed by atoms with van der Waals surface area (Å²) in [4.78, 5) is 2.57. The number of benzene rings is 5. The first-order valence-electron chi connectivity index (χ1n) is 21.1. The van der Waals surface area contributed by atoms with Crippen molar-refractivity contribution in [2.75, 3.05) is 4.90 Å². The summed E-state index contributed by atoms with van der Waals surface area (Å²) in [6.07, 6.45) is 34.6. The molecule has 1 aromatic heterocycles. The summed E-state index contributed by atoms with van der Waals surface area (Å²) >= 11 is 0. The molecule has 0 fully saturated rings. The Morgan fingerprint density at radius 2 is 1.51 bits per heavy atom. The van der Waals surface area contributed by atoms with Gasteiger partial charge in [0.2, 0.25) is 0 Å². The van der Waals surface area contributed by atoms with E-state index >= 15 is 0 Å². The number of anilines is 2. The van der Waals surface area contributed by atoms with Gasteiger partial charge in [-0.05, 0) is 106 Å². The molecule has 59 heavy (non-hydrogen) atoms. The van der Waals surface area contributed by atoms with Crippen LogP contribution >= 0.6 is 0 Å². The lowest BCUT2D eigenvalue weighted by Gasteiger charge is -2.31. The zero-order valence-electron chi connectivity index (χ0n) is 33.6. The van der Waals surface area contributed by atoms with Gasteiger partial charge in [0.15, 0.2) is 0 Å². The Balaban J connectivity index is 1.10. The third-order valence-electron chi connectivity index (χ3n) is 12.5. The highest BCUT2D eigenvalue weighted by Gasteiger charge is 2.38. The summed E-state index contributed by atoms with van der Waals surface area (Å²) in [6.45, 7) is 6.28. The monoisotopic (exact) mass is 760 g/mol. The van der Waals surface area contributed by atoms with Crippen molar-refractivity contribution in [3.8, 4) is 16.8 Å². The van der Waals surface area contributed by atoms with Gasteiger partial charge < -0.3 is 9.47 Å². The number of para-hydroxylation sites is 2. The Bertz CT molecular complexity index is 2830. The predicted molar refractivity (Wildman–Crippen MR) is 252 cm³/mol. The van der Waals surface area contributed by atoms with Gasteiger partial charge in [0, 0.05) is 45.7 Å². The summed E-state index contributed by atoms with van der Waals surface area (Å²) < 4.78 is 2.34. The number of fused-ring (bicyclic) bond motifs is 4. The molecule has 0 saturated carbocycles. The quantitative estimate of drug-likeness (QED) is 0.140. The van der Waals surface area contributed by atoms with Crippen LogP contribution in [0.4, 0.5) is 11.4 Å². The van der Waals surface area contributed by atoms with Gasteiger partial charge in [0.25, 0.3) is 0 Å². The first kappa shape index (κ1) is 36.4. The van der Waals surface area contributed by atoms with Gasteiger partial charge in [-0.3, -0.25) is 0 Å². The Morgan fingerprint density at radius 3 is 2.37 bits per heavy atom. The fourth-order valence-corrected chi connectivity index (χ4v) is 9.54. The summed E-state index contributed by atoms with van der Waals surface area (Å²) in [7, 11) is 0. The summed E-state index contributed by atoms with van der Waals surface area (Å²) in [5.74, 6) is 0.768. The third kappa shape index (κ3) is 6.85. The molecule has 6 aromatic rings. The number of hydrogen-bond acceptors (Lipinski definition) is 1. The van der Waals surface area contributed by atoms with Crippen LogP contribution in [0.5, 0.6) is 0 Å². The summed E-state index contributed by atoms with van der Waals surface area (Å²) in [5, 5.41) is 1.22. The zero-order valence-corrected chi connectivity index (χ0v) is 33.6. The molecule has 0 amide bonds. The average molecular weight is 761 g/mol. The highest BCUT2D eigenvalue weighted by molar-refractivity contribution is 5.93. The third-order valence-corrected chi connectivity index (χ3v) is 12.5. The van der Waals surface area contributed by atoms with Crippen LogP contribution in [0.2, 0.25) is 0 Å². The minimum Gasteiger partial charge on any atom is -0.333 e. The largest absolute Gasteiger partial charge is 0.333 e. The van der Waals surface area contributed by atoms with E-state index in [0.717, 1.165) is 24.9 Å². The second-order valence-corrected chi connectivity index (χ2v) is 16.1. The number of aromatic nitrogens is 1. The molecule has 2 nitrogen and oxygen atoms in total. The van der Waals surface area contributed by atoms with Crippen LogP contribution < -0.4 is 4.90 Å². The van der Waals surface area contributed by atoms with Crippen LogP contribution in [0, 0.1) is 5.92 Å². The van der Waals surface area contributed by atoms with Gasteiger partial charge >= 0.3 is 0 Å². The second-order valence-electron chi connectivity index (χ2n) is 16.1. The van der Waals surface area contributed by atoms with Crippen molar-refractivity contribution < 1.29 is 0 Å². The fourth-order valence-electron chi connectivity index (χ4n) is 9.54. The van der Waals surface area contributed by atoms with Gasteiger partial charge in [0.1, 0.15) is 0 Å². The highest BCUT2D eigenvalue weighted by Crippen LogP contribution is 2.50. The maximum absolute atomic E-state index is 3.92. The van der Waals surface area contributed by atoms with Gasteiger partial charge in [-0.1, -0.05) is 177 Å². The van der Waals surface area contributed by atoms with E-state index in [1.165, 1.54) is 78.0 Å². The molecule has 3 atom stereocenters. The molecule has 0 N–H and O–H groups in total. The van der Waals surface area contributed by atoms with Crippen LogP contribution in [0.15, 0.2) is 218 Å². The molecule has 10 rings (SSSR count). The maximum atomic E-state index is 3.92. The standard InChI is InChI=1S/C57H48N2/c1-3-4-18-46-39-58(54-27-13-10-24-50(46)54)48-34-35-57(59-55-28-14-11-25-51(55)52-26-12-15-29-56(52)59)53(38-48)43-32-30-42(31-33-43)45-22-16-21-44(41-19-6-5-7-20-41)36-47(37-45)49-23-9-8-17-40(49)2/h3-15,18-20,22-40,51,55H,1,16-17,21H2,2H3/b18-4-,44-36-,45-22?,47-37?. The fraction of sp³-hybridized carbons (Fsp3) is 0.123. The van der Waals surface area contributed by atoms with Gasteiger partial charge in [-0.15, -0.1) is 0 Å². The van der Waals surface area contributed by atoms with Gasteiger partial charge in [0.05, 0.1) is 11.6 Å². The van der Waals surface area contributed by atoms with E-state index in [4.69, 9.17) is 0 Å². The number of allylic oxidation sites excluding steroid dienone is 14. The first-order chi connectivity index (χ1) is 29.1. The number of rotatable bonds is 8. The first-order valence-corrected chi connectivity index (χ1v) is 21.1. The average Bonchev–Trinajstić information content (AvgIpc) is 3.82. The van der Waals surface area contributed by atoms with E-state index in [2.05, 4.69) is 217 Å².